The van der Waals surface area contributed by atoms with Crippen LogP contribution in [0.25, 0.3) is 0 Å². The van der Waals surface area contributed by atoms with Crippen molar-refractivity contribution in [3.05, 3.63) is 59.9 Å². The number of hydrogen-bond donors (Lipinski definition) is 2. The maximum Gasteiger partial charge on any atom is 0.175 e. The van der Waals surface area contributed by atoms with Gasteiger partial charge in [0.1, 0.15) is 5.82 Å². The molecule has 94 valence electrons. The van der Waals surface area contributed by atoms with E-state index in [0.717, 1.165) is 5.69 Å². The zero-order valence-corrected chi connectivity index (χ0v) is 10.7. The molecule has 0 amide bonds. The number of anilines is 2. The highest BCUT2D eigenvalue weighted by atomic mass is 32.1. The lowest BCUT2D eigenvalue weighted by molar-refractivity contribution is 0.628. The zero-order chi connectivity index (χ0) is 13.7. The molecule has 0 fully saturated rings. The van der Waals surface area contributed by atoms with Crippen molar-refractivity contribution in [3.8, 4) is 6.07 Å². The van der Waals surface area contributed by atoms with Crippen molar-refractivity contribution < 1.29 is 4.39 Å². The highest BCUT2D eigenvalue weighted by Gasteiger charge is 1.99. The van der Waals surface area contributed by atoms with Gasteiger partial charge in [0.2, 0.25) is 0 Å². The molecule has 0 heterocycles. The van der Waals surface area contributed by atoms with Crippen molar-refractivity contribution in [2.45, 2.75) is 0 Å². The molecule has 2 aromatic rings. The van der Waals surface area contributed by atoms with E-state index in [4.69, 9.17) is 17.5 Å². The molecule has 0 aromatic heterocycles. The first-order valence-corrected chi connectivity index (χ1v) is 5.92. The van der Waals surface area contributed by atoms with Gasteiger partial charge >= 0.3 is 0 Å². The molecule has 0 aliphatic heterocycles. The van der Waals surface area contributed by atoms with Gasteiger partial charge in [-0.1, -0.05) is 0 Å². The van der Waals surface area contributed by atoms with Crippen LogP contribution in [0.3, 0.4) is 0 Å². The monoisotopic (exact) mass is 271 g/mol. The quantitative estimate of drug-likeness (QED) is 0.821. The van der Waals surface area contributed by atoms with Gasteiger partial charge in [-0.25, -0.2) is 4.39 Å². The van der Waals surface area contributed by atoms with E-state index in [1.54, 1.807) is 36.4 Å². The predicted molar refractivity (Wildman–Crippen MR) is 77.4 cm³/mol. The van der Waals surface area contributed by atoms with Crippen LogP contribution >= 0.6 is 12.2 Å². The molecule has 0 aliphatic carbocycles. The fraction of sp³-hybridized carbons (Fsp3) is 0. The first kappa shape index (κ1) is 13.0. The van der Waals surface area contributed by atoms with Crippen LogP contribution in [0, 0.1) is 17.1 Å². The number of thiocarbonyl (C=S) groups is 1. The molecule has 0 radical (unpaired) electrons. The van der Waals surface area contributed by atoms with Crippen LogP contribution in [0.5, 0.6) is 0 Å². The van der Waals surface area contributed by atoms with Crippen LogP contribution in [0.1, 0.15) is 5.56 Å². The Kier molecular flexibility index (Phi) is 4.06. The molecule has 0 unspecified atom stereocenters. The van der Waals surface area contributed by atoms with Gasteiger partial charge in [0.05, 0.1) is 11.6 Å². The van der Waals surface area contributed by atoms with Gasteiger partial charge in [0, 0.05) is 11.4 Å². The third-order valence-corrected chi connectivity index (χ3v) is 2.58. The Morgan fingerprint density at radius 2 is 1.42 bits per heavy atom. The molecule has 2 aromatic carbocycles. The van der Waals surface area contributed by atoms with Crippen LogP contribution < -0.4 is 10.6 Å². The Hall–Kier alpha value is -2.45. The van der Waals surface area contributed by atoms with Crippen LogP contribution in [-0.2, 0) is 0 Å². The summed E-state index contributed by atoms with van der Waals surface area (Å²) in [7, 11) is 0. The summed E-state index contributed by atoms with van der Waals surface area (Å²) in [5.74, 6) is -0.295. The molecule has 0 bridgehead atoms. The van der Waals surface area contributed by atoms with E-state index in [1.807, 2.05) is 6.07 Å². The summed E-state index contributed by atoms with van der Waals surface area (Å²) in [5, 5.41) is 15.0. The van der Waals surface area contributed by atoms with Gasteiger partial charge in [0.15, 0.2) is 5.11 Å². The van der Waals surface area contributed by atoms with E-state index in [9.17, 15) is 4.39 Å². The lowest BCUT2D eigenvalue weighted by Crippen LogP contribution is -2.18. The average Bonchev–Trinajstić information content (AvgIpc) is 2.42. The number of nitrogens with zero attached hydrogens (tertiary/aromatic N) is 1. The lowest BCUT2D eigenvalue weighted by atomic mass is 10.2. The summed E-state index contributed by atoms with van der Waals surface area (Å²) in [5.41, 5.74) is 2.06. The van der Waals surface area contributed by atoms with Crippen LogP contribution in [0.15, 0.2) is 48.5 Å². The summed E-state index contributed by atoms with van der Waals surface area (Å²) in [4.78, 5) is 0. The number of halogens is 1. The van der Waals surface area contributed by atoms with Crippen molar-refractivity contribution in [2.24, 2.45) is 0 Å². The first-order valence-electron chi connectivity index (χ1n) is 5.51. The molecule has 2 rings (SSSR count). The summed E-state index contributed by atoms with van der Waals surface area (Å²) >= 11 is 5.13. The predicted octanol–water partition coefficient (Wildman–Crippen LogP) is 3.51. The molecule has 2 N–H and O–H groups in total. The Morgan fingerprint density at radius 1 is 0.947 bits per heavy atom. The summed E-state index contributed by atoms with van der Waals surface area (Å²) in [6.07, 6.45) is 0. The maximum atomic E-state index is 12.7. The number of nitrogens with one attached hydrogen (secondary N) is 2. The third-order valence-electron chi connectivity index (χ3n) is 2.37. The molecule has 19 heavy (non-hydrogen) atoms. The minimum atomic E-state index is -0.295. The third kappa shape index (κ3) is 3.76. The standard InChI is InChI=1S/C14H10FN3S/c15-11-3-7-13(8-4-11)18-14(19)17-12-5-1-10(9-16)2-6-12/h1-8H,(H2,17,18,19). The molecule has 5 heteroatoms. The second kappa shape index (κ2) is 5.94. The molecular weight excluding hydrogens is 261 g/mol. The lowest BCUT2D eigenvalue weighted by Gasteiger charge is -2.10. The second-order valence-electron chi connectivity index (χ2n) is 3.78. The van der Waals surface area contributed by atoms with Gasteiger partial charge in [-0.2, -0.15) is 5.26 Å². The van der Waals surface area contributed by atoms with E-state index in [2.05, 4.69) is 10.6 Å². The smallest absolute Gasteiger partial charge is 0.175 e. The summed E-state index contributed by atoms with van der Waals surface area (Å²) in [6, 6.07) is 14.9. The number of rotatable bonds is 2. The minimum absolute atomic E-state index is 0.295. The van der Waals surface area contributed by atoms with E-state index < -0.39 is 0 Å². The Bertz CT molecular complexity index is 615. The van der Waals surface area contributed by atoms with Gasteiger partial charge in [-0.3, -0.25) is 0 Å². The normalized spacial score (nSPS) is 9.47. The Labute approximate surface area is 115 Å². The largest absolute Gasteiger partial charge is 0.332 e. The molecule has 0 spiro atoms. The molecular formula is C14H10FN3S. The highest BCUT2D eigenvalue weighted by Crippen LogP contribution is 2.11. The first-order chi connectivity index (χ1) is 9.17. The number of benzene rings is 2. The molecule has 3 nitrogen and oxygen atoms in total. The van der Waals surface area contributed by atoms with Crippen molar-refractivity contribution in [1.29, 1.82) is 5.26 Å². The molecule has 0 aliphatic rings. The minimum Gasteiger partial charge on any atom is -0.332 e. The van der Waals surface area contributed by atoms with Crippen LogP contribution in [0.2, 0.25) is 0 Å². The maximum absolute atomic E-state index is 12.7. The van der Waals surface area contributed by atoms with Crippen LogP contribution in [-0.4, -0.2) is 5.11 Å². The van der Waals surface area contributed by atoms with E-state index in [1.165, 1.54) is 12.1 Å². The van der Waals surface area contributed by atoms with E-state index in [0.29, 0.717) is 16.4 Å². The van der Waals surface area contributed by atoms with Gasteiger partial charge < -0.3 is 10.6 Å². The summed E-state index contributed by atoms with van der Waals surface area (Å²) < 4.78 is 12.7. The number of nitriles is 1. The second-order valence-corrected chi connectivity index (χ2v) is 4.18. The topological polar surface area (TPSA) is 47.9 Å². The van der Waals surface area contributed by atoms with Crippen molar-refractivity contribution in [2.75, 3.05) is 10.6 Å². The fourth-order valence-electron chi connectivity index (χ4n) is 1.45. The Morgan fingerprint density at radius 3 is 1.89 bits per heavy atom. The molecule has 0 saturated heterocycles. The van der Waals surface area contributed by atoms with Gasteiger partial charge in [-0.15, -0.1) is 0 Å². The Balaban J connectivity index is 1.97. The molecule has 0 saturated carbocycles. The van der Waals surface area contributed by atoms with Gasteiger partial charge in [0.25, 0.3) is 0 Å². The van der Waals surface area contributed by atoms with E-state index in [-0.39, 0.29) is 5.82 Å². The SMILES string of the molecule is N#Cc1ccc(NC(=S)Nc2ccc(F)cc2)cc1. The van der Waals surface area contributed by atoms with Crippen molar-refractivity contribution in [1.82, 2.24) is 0 Å². The van der Waals surface area contributed by atoms with E-state index >= 15 is 0 Å². The zero-order valence-electron chi connectivity index (χ0n) is 9.85. The average molecular weight is 271 g/mol. The van der Waals surface area contributed by atoms with Crippen molar-refractivity contribution in [3.63, 3.8) is 0 Å². The fourth-order valence-corrected chi connectivity index (χ4v) is 1.69. The number of hydrogen-bond acceptors (Lipinski definition) is 2. The van der Waals surface area contributed by atoms with Gasteiger partial charge in [-0.05, 0) is 60.7 Å². The van der Waals surface area contributed by atoms with Crippen molar-refractivity contribution >= 4 is 28.7 Å². The van der Waals surface area contributed by atoms with Crippen LogP contribution in [0.4, 0.5) is 15.8 Å². The summed E-state index contributed by atoms with van der Waals surface area (Å²) in [6.45, 7) is 0. The highest BCUT2D eigenvalue weighted by molar-refractivity contribution is 7.80. The molecule has 0 atom stereocenters.